The summed E-state index contributed by atoms with van der Waals surface area (Å²) < 4.78 is 6.14. The molecule has 0 radical (unpaired) electrons. The van der Waals surface area contributed by atoms with E-state index in [9.17, 15) is 4.79 Å². The third-order valence-electron chi connectivity index (χ3n) is 2.26. The van der Waals surface area contributed by atoms with Crippen LogP contribution in [0.2, 0.25) is 0 Å². The maximum absolute atomic E-state index is 11.4. The minimum absolute atomic E-state index is 0.181. The highest BCUT2D eigenvalue weighted by atomic mass is 16.5. The molecule has 0 unspecified atom stereocenters. The fourth-order valence-electron chi connectivity index (χ4n) is 1.36. The molecule has 0 amide bonds. The molecule has 6 nitrogen and oxygen atoms in total. The van der Waals surface area contributed by atoms with Gasteiger partial charge in [-0.1, -0.05) is 26.2 Å². The molecular weight excluding hydrogens is 220 g/mol. The van der Waals surface area contributed by atoms with Gasteiger partial charge in [0.05, 0.1) is 0 Å². The summed E-state index contributed by atoms with van der Waals surface area (Å²) in [4.78, 5) is 11.4. The van der Waals surface area contributed by atoms with Crippen molar-refractivity contribution < 1.29 is 9.53 Å². The number of ether oxygens (including phenoxy) is 1. The maximum Gasteiger partial charge on any atom is 0.312 e. The van der Waals surface area contributed by atoms with Crippen molar-refractivity contribution in [3.8, 4) is 5.88 Å². The minimum Gasteiger partial charge on any atom is -0.406 e. The van der Waals surface area contributed by atoms with E-state index in [2.05, 4.69) is 12.0 Å². The molecule has 3 N–H and O–H groups in total. The lowest BCUT2D eigenvalue weighted by atomic mass is 10.2. The molecule has 0 saturated carbocycles. The highest BCUT2D eigenvalue weighted by molar-refractivity contribution is 5.76. The average Bonchev–Trinajstić information content (AvgIpc) is 2.73. The van der Waals surface area contributed by atoms with E-state index in [1.165, 1.54) is 12.3 Å². The van der Waals surface area contributed by atoms with Crippen LogP contribution in [0.3, 0.4) is 0 Å². The number of rotatable bonds is 6. The average molecular weight is 238 g/mol. The van der Waals surface area contributed by atoms with Crippen molar-refractivity contribution in [1.82, 2.24) is 9.78 Å². The Hall–Kier alpha value is -1.85. The summed E-state index contributed by atoms with van der Waals surface area (Å²) in [6, 6.07) is 1.51. The van der Waals surface area contributed by atoms with Crippen molar-refractivity contribution in [3.63, 3.8) is 0 Å². The second-order valence-electron chi connectivity index (χ2n) is 3.77. The zero-order chi connectivity index (χ0) is 12.7. The van der Waals surface area contributed by atoms with Gasteiger partial charge < -0.3 is 10.5 Å². The van der Waals surface area contributed by atoms with Crippen LogP contribution in [0.1, 0.15) is 39.0 Å². The predicted octanol–water partition coefficient (Wildman–Crippen LogP) is 1.50. The van der Waals surface area contributed by atoms with Gasteiger partial charge in [0.25, 0.3) is 0 Å². The van der Waals surface area contributed by atoms with Crippen molar-refractivity contribution in [2.24, 2.45) is 5.73 Å². The lowest BCUT2D eigenvalue weighted by molar-refractivity contribution is -0.134. The molecule has 0 bridgehead atoms. The van der Waals surface area contributed by atoms with Crippen LogP contribution in [0.25, 0.3) is 0 Å². The SMILES string of the molecule is CCCCCCC(=O)Oc1ccn(C(=N)N)n1. The molecule has 1 aromatic heterocycles. The zero-order valence-corrected chi connectivity index (χ0v) is 9.98. The van der Waals surface area contributed by atoms with Crippen molar-refractivity contribution in [3.05, 3.63) is 12.3 Å². The molecule has 0 aliphatic rings. The molecular formula is C11H18N4O2. The monoisotopic (exact) mass is 238 g/mol. The van der Waals surface area contributed by atoms with Gasteiger partial charge in [0.15, 0.2) is 0 Å². The first-order valence-electron chi connectivity index (χ1n) is 5.74. The number of hydrogen-bond donors (Lipinski definition) is 2. The summed E-state index contributed by atoms with van der Waals surface area (Å²) in [7, 11) is 0. The second-order valence-corrected chi connectivity index (χ2v) is 3.77. The van der Waals surface area contributed by atoms with Gasteiger partial charge in [-0.2, -0.15) is 0 Å². The van der Waals surface area contributed by atoms with Crippen LogP contribution < -0.4 is 10.5 Å². The van der Waals surface area contributed by atoms with Crippen LogP contribution in [0.4, 0.5) is 0 Å². The molecule has 6 heteroatoms. The number of aromatic nitrogens is 2. The topological polar surface area (TPSA) is 94.0 Å². The molecule has 0 atom stereocenters. The van der Waals surface area contributed by atoms with Crippen LogP contribution in [0.5, 0.6) is 5.88 Å². The standard InChI is InChI=1S/C11H18N4O2/c1-2-3-4-5-6-10(16)17-9-7-8-15(14-9)11(12)13/h7-8H,2-6H2,1H3,(H3,12,13). The number of nitrogen functional groups attached to an aromatic ring is 1. The van der Waals surface area contributed by atoms with E-state index in [0.717, 1.165) is 30.4 Å². The van der Waals surface area contributed by atoms with E-state index in [1.54, 1.807) is 0 Å². The smallest absolute Gasteiger partial charge is 0.312 e. The predicted molar refractivity (Wildman–Crippen MR) is 63.9 cm³/mol. The number of nitrogens with two attached hydrogens (primary N) is 1. The van der Waals surface area contributed by atoms with Gasteiger partial charge in [-0.15, -0.1) is 5.10 Å². The van der Waals surface area contributed by atoms with Gasteiger partial charge in [0.2, 0.25) is 11.8 Å². The normalized spacial score (nSPS) is 10.2. The Balaban J connectivity index is 2.32. The molecule has 0 spiro atoms. The fraction of sp³-hybridized carbons (Fsp3) is 0.545. The van der Waals surface area contributed by atoms with E-state index in [1.807, 2.05) is 0 Å². The lowest BCUT2D eigenvalue weighted by Gasteiger charge is -2.00. The Morgan fingerprint density at radius 2 is 2.29 bits per heavy atom. The zero-order valence-electron chi connectivity index (χ0n) is 9.98. The number of hydrogen-bond acceptors (Lipinski definition) is 4. The number of nitrogens with one attached hydrogen (secondary N) is 1. The quantitative estimate of drug-likeness (QED) is 0.340. The largest absolute Gasteiger partial charge is 0.406 e. The van der Waals surface area contributed by atoms with E-state index < -0.39 is 0 Å². The number of carbonyl (C=O) groups is 1. The van der Waals surface area contributed by atoms with Crippen LogP contribution in [-0.2, 0) is 4.79 Å². The molecule has 1 heterocycles. The van der Waals surface area contributed by atoms with Crippen LogP contribution in [0, 0.1) is 5.41 Å². The Labute approximate surface area is 100 Å². The van der Waals surface area contributed by atoms with Gasteiger partial charge in [0.1, 0.15) is 0 Å². The molecule has 0 aromatic carbocycles. The number of unbranched alkanes of at least 4 members (excludes halogenated alkanes) is 3. The lowest BCUT2D eigenvalue weighted by Crippen LogP contribution is -2.21. The highest BCUT2D eigenvalue weighted by Gasteiger charge is 2.07. The fourth-order valence-corrected chi connectivity index (χ4v) is 1.36. The van der Waals surface area contributed by atoms with Crippen LogP contribution in [-0.4, -0.2) is 21.7 Å². The van der Waals surface area contributed by atoms with Gasteiger partial charge >= 0.3 is 5.97 Å². The molecule has 94 valence electrons. The van der Waals surface area contributed by atoms with Crippen LogP contribution in [0.15, 0.2) is 12.3 Å². The molecule has 0 fully saturated rings. The first-order chi connectivity index (χ1) is 8.13. The van der Waals surface area contributed by atoms with Crippen molar-refractivity contribution in [2.75, 3.05) is 0 Å². The van der Waals surface area contributed by atoms with Crippen LogP contribution >= 0.6 is 0 Å². The Morgan fingerprint density at radius 1 is 1.53 bits per heavy atom. The summed E-state index contributed by atoms with van der Waals surface area (Å²) in [5.74, 6) is -0.328. The number of nitrogens with zero attached hydrogens (tertiary/aromatic N) is 2. The second kappa shape index (κ2) is 6.67. The molecule has 0 aliphatic heterocycles. The molecule has 17 heavy (non-hydrogen) atoms. The summed E-state index contributed by atoms with van der Waals surface area (Å²) in [6.45, 7) is 2.12. The van der Waals surface area contributed by atoms with E-state index in [0.29, 0.717) is 6.42 Å². The summed E-state index contributed by atoms with van der Waals surface area (Å²) in [5, 5.41) is 10.9. The third-order valence-corrected chi connectivity index (χ3v) is 2.26. The molecule has 0 saturated heterocycles. The third kappa shape index (κ3) is 4.67. The van der Waals surface area contributed by atoms with Gasteiger partial charge in [-0.25, -0.2) is 4.68 Å². The summed E-state index contributed by atoms with van der Waals surface area (Å²) in [5.41, 5.74) is 5.21. The van der Waals surface area contributed by atoms with Gasteiger partial charge in [0, 0.05) is 18.7 Å². The Morgan fingerprint density at radius 3 is 2.88 bits per heavy atom. The molecule has 1 rings (SSSR count). The van der Waals surface area contributed by atoms with E-state index in [4.69, 9.17) is 15.9 Å². The van der Waals surface area contributed by atoms with Gasteiger partial charge in [-0.3, -0.25) is 10.2 Å². The maximum atomic E-state index is 11.4. The van der Waals surface area contributed by atoms with Crippen molar-refractivity contribution in [2.45, 2.75) is 39.0 Å². The Kier molecular flexibility index (Phi) is 5.19. The summed E-state index contributed by atoms with van der Waals surface area (Å²) in [6.07, 6.45) is 6.01. The first-order valence-corrected chi connectivity index (χ1v) is 5.74. The molecule has 0 aliphatic carbocycles. The number of esters is 1. The first kappa shape index (κ1) is 13.2. The minimum atomic E-state index is -0.296. The molecule has 1 aromatic rings. The van der Waals surface area contributed by atoms with E-state index >= 15 is 0 Å². The summed E-state index contributed by atoms with van der Waals surface area (Å²) >= 11 is 0. The van der Waals surface area contributed by atoms with Crippen molar-refractivity contribution in [1.29, 1.82) is 5.41 Å². The Bertz CT molecular complexity index is 387. The van der Waals surface area contributed by atoms with Gasteiger partial charge in [-0.05, 0) is 6.42 Å². The number of carbonyl (C=O) groups excluding carboxylic acids is 1. The highest BCUT2D eigenvalue weighted by Crippen LogP contribution is 2.08. The van der Waals surface area contributed by atoms with E-state index in [-0.39, 0.29) is 17.8 Å². The van der Waals surface area contributed by atoms with Crippen molar-refractivity contribution >= 4 is 11.9 Å².